The number of sulfone groups is 1. The molecule has 0 atom stereocenters. The number of para-hydroxylation sites is 3. The van der Waals surface area contributed by atoms with E-state index in [2.05, 4.69) is 4.90 Å². The van der Waals surface area contributed by atoms with Crippen LogP contribution in [0.5, 0.6) is 11.5 Å². The van der Waals surface area contributed by atoms with Crippen molar-refractivity contribution in [3.05, 3.63) is 83.9 Å². The topological polar surface area (TPSA) is 76.2 Å². The number of benzene rings is 3. The van der Waals surface area contributed by atoms with Gasteiger partial charge in [0.1, 0.15) is 11.5 Å². The van der Waals surface area contributed by atoms with E-state index in [0.29, 0.717) is 43.1 Å². The molecular weight excluding hydrogens is 452 g/mol. The number of amides is 1. The highest BCUT2D eigenvalue weighted by Crippen LogP contribution is 2.29. The average Bonchev–Trinajstić information content (AvgIpc) is 2.88. The summed E-state index contributed by atoms with van der Waals surface area (Å²) in [6.45, 7) is 2.40. The van der Waals surface area contributed by atoms with Gasteiger partial charge in [0.15, 0.2) is 9.84 Å². The van der Waals surface area contributed by atoms with Crippen LogP contribution in [0, 0.1) is 0 Å². The summed E-state index contributed by atoms with van der Waals surface area (Å²) in [5.74, 6) is 0.946. The second-order valence-corrected chi connectivity index (χ2v) is 10.0. The van der Waals surface area contributed by atoms with Gasteiger partial charge in [-0.1, -0.05) is 36.4 Å². The van der Waals surface area contributed by atoms with Gasteiger partial charge in [0.05, 0.1) is 30.6 Å². The molecule has 1 aliphatic rings. The molecule has 3 aromatic carbocycles. The first-order valence-electron chi connectivity index (χ1n) is 11.0. The summed E-state index contributed by atoms with van der Waals surface area (Å²) in [5.41, 5.74) is 1.95. The number of carbonyl (C=O) groups is 1. The first-order valence-corrected chi connectivity index (χ1v) is 12.7. The van der Waals surface area contributed by atoms with Crippen molar-refractivity contribution in [3.8, 4) is 11.5 Å². The number of methoxy groups -OCH3 is 2. The minimum atomic E-state index is -3.66. The Bertz CT molecular complexity index is 1270. The fourth-order valence-corrected chi connectivity index (χ4v) is 5.56. The van der Waals surface area contributed by atoms with E-state index in [0.717, 1.165) is 11.4 Å². The van der Waals surface area contributed by atoms with Crippen LogP contribution in [0.2, 0.25) is 0 Å². The number of nitrogens with zero attached hydrogens (tertiary/aromatic N) is 2. The minimum Gasteiger partial charge on any atom is -0.496 e. The lowest BCUT2D eigenvalue weighted by Gasteiger charge is -2.36. The maximum absolute atomic E-state index is 13.2. The van der Waals surface area contributed by atoms with Gasteiger partial charge in [0.25, 0.3) is 5.91 Å². The molecule has 1 fully saturated rings. The van der Waals surface area contributed by atoms with Crippen molar-refractivity contribution in [2.45, 2.75) is 10.6 Å². The van der Waals surface area contributed by atoms with Gasteiger partial charge < -0.3 is 19.3 Å². The summed E-state index contributed by atoms with van der Waals surface area (Å²) in [6, 6.07) is 21.1. The monoisotopic (exact) mass is 480 g/mol. The molecule has 1 saturated heterocycles. The molecule has 4 rings (SSSR count). The highest BCUT2D eigenvalue weighted by atomic mass is 32.2. The number of ether oxygens (including phenoxy) is 2. The Morgan fingerprint density at radius 2 is 1.47 bits per heavy atom. The van der Waals surface area contributed by atoms with Crippen LogP contribution in [0.15, 0.2) is 77.7 Å². The van der Waals surface area contributed by atoms with Crippen LogP contribution in [0.3, 0.4) is 0 Å². The van der Waals surface area contributed by atoms with Crippen molar-refractivity contribution < 1.29 is 22.7 Å². The van der Waals surface area contributed by atoms with Gasteiger partial charge >= 0.3 is 0 Å². The summed E-state index contributed by atoms with van der Waals surface area (Å²) in [6.07, 6.45) is 0. The molecule has 0 spiro atoms. The summed E-state index contributed by atoms with van der Waals surface area (Å²) >= 11 is 0. The molecule has 7 nitrogen and oxygen atoms in total. The summed E-state index contributed by atoms with van der Waals surface area (Å²) < 4.78 is 36.9. The second kappa shape index (κ2) is 10.2. The summed E-state index contributed by atoms with van der Waals surface area (Å²) in [5, 5.41) is 0. The third-order valence-corrected chi connectivity index (χ3v) is 7.63. The van der Waals surface area contributed by atoms with Crippen LogP contribution in [-0.4, -0.2) is 59.6 Å². The number of piperazine rings is 1. The zero-order valence-corrected chi connectivity index (χ0v) is 20.1. The fourth-order valence-electron chi connectivity index (χ4n) is 4.16. The Balaban J connectivity index is 1.47. The smallest absolute Gasteiger partial charge is 0.254 e. The van der Waals surface area contributed by atoms with Gasteiger partial charge in [-0.3, -0.25) is 4.79 Å². The third-order valence-electron chi connectivity index (χ3n) is 5.97. The van der Waals surface area contributed by atoms with E-state index in [1.54, 1.807) is 48.4 Å². The minimum absolute atomic E-state index is 0.122. The Morgan fingerprint density at radius 3 is 2.18 bits per heavy atom. The average molecular weight is 481 g/mol. The van der Waals surface area contributed by atoms with E-state index < -0.39 is 9.84 Å². The van der Waals surface area contributed by atoms with Gasteiger partial charge in [-0.2, -0.15) is 0 Å². The largest absolute Gasteiger partial charge is 0.496 e. The van der Waals surface area contributed by atoms with Crippen LogP contribution in [-0.2, 0) is 15.6 Å². The lowest BCUT2D eigenvalue weighted by molar-refractivity contribution is 0.0746. The molecule has 0 radical (unpaired) electrons. The van der Waals surface area contributed by atoms with Gasteiger partial charge in [-0.05, 0) is 36.4 Å². The van der Waals surface area contributed by atoms with Gasteiger partial charge in [0, 0.05) is 37.3 Å². The number of carbonyl (C=O) groups excluding carboxylic acids is 1. The van der Waals surface area contributed by atoms with E-state index in [1.807, 2.05) is 24.3 Å². The van der Waals surface area contributed by atoms with E-state index >= 15 is 0 Å². The van der Waals surface area contributed by atoms with Crippen LogP contribution >= 0.6 is 0 Å². The lowest BCUT2D eigenvalue weighted by atomic mass is 10.1. The summed E-state index contributed by atoms with van der Waals surface area (Å²) in [4.78, 5) is 17.2. The van der Waals surface area contributed by atoms with Crippen LogP contribution in [0.4, 0.5) is 5.69 Å². The van der Waals surface area contributed by atoms with Crippen molar-refractivity contribution in [1.82, 2.24) is 4.90 Å². The molecule has 178 valence electrons. The first kappa shape index (κ1) is 23.6. The zero-order chi connectivity index (χ0) is 24.1. The van der Waals surface area contributed by atoms with Gasteiger partial charge in [0.2, 0.25) is 0 Å². The predicted octanol–water partition coefficient (Wildman–Crippen LogP) is 3.64. The number of anilines is 1. The maximum Gasteiger partial charge on any atom is 0.254 e. The van der Waals surface area contributed by atoms with E-state index in [1.165, 1.54) is 19.2 Å². The van der Waals surface area contributed by atoms with E-state index in [4.69, 9.17) is 9.47 Å². The van der Waals surface area contributed by atoms with E-state index in [-0.39, 0.29) is 16.6 Å². The normalized spacial score (nSPS) is 14.1. The molecule has 8 heteroatoms. The van der Waals surface area contributed by atoms with Crippen molar-refractivity contribution in [2.24, 2.45) is 0 Å². The molecule has 0 aromatic heterocycles. The molecule has 0 bridgehead atoms. The maximum atomic E-state index is 13.2. The fraction of sp³-hybridized carbons (Fsp3) is 0.269. The molecule has 1 aliphatic heterocycles. The Hall–Kier alpha value is -3.52. The van der Waals surface area contributed by atoms with Crippen molar-refractivity contribution in [1.29, 1.82) is 0 Å². The standard InChI is InChI=1S/C26H28N2O5S/c1-32-24-12-5-3-8-21(24)19-34(30,31)22-10-7-9-20(18-22)26(29)28-16-14-27(15-17-28)23-11-4-6-13-25(23)33-2/h3-13,18H,14-17,19H2,1-2H3. The highest BCUT2D eigenvalue weighted by Gasteiger charge is 2.25. The molecule has 1 amide bonds. The van der Waals surface area contributed by atoms with Crippen molar-refractivity contribution >= 4 is 21.4 Å². The van der Waals surface area contributed by atoms with Crippen LogP contribution in [0.1, 0.15) is 15.9 Å². The molecule has 0 N–H and O–H groups in total. The molecule has 0 unspecified atom stereocenters. The quantitative estimate of drug-likeness (QED) is 0.514. The first-order chi connectivity index (χ1) is 16.4. The summed E-state index contributed by atoms with van der Waals surface area (Å²) in [7, 11) is -0.499. The van der Waals surface area contributed by atoms with Crippen LogP contribution < -0.4 is 14.4 Å². The molecule has 1 heterocycles. The van der Waals surface area contributed by atoms with Crippen molar-refractivity contribution in [2.75, 3.05) is 45.3 Å². The number of rotatable bonds is 7. The Morgan fingerprint density at radius 1 is 0.824 bits per heavy atom. The lowest BCUT2D eigenvalue weighted by Crippen LogP contribution is -2.48. The van der Waals surface area contributed by atoms with Gasteiger partial charge in [-0.15, -0.1) is 0 Å². The number of hydrogen-bond acceptors (Lipinski definition) is 6. The molecule has 0 saturated carbocycles. The Kier molecular flexibility index (Phi) is 7.07. The van der Waals surface area contributed by atoms with Gasteiger partial charge in [-0.25, -0.2) is 8.42 Å². The third kappa shape index (κ3) is 5.02. The highest BCUT2D eigenvalue weighted by molar-refractivity contribution is 7.90. The SMILES string of the molecule is COc1ccccc1CS(=O)(=O)c1cccc(C(=O)N2CCN(c3ccccc3OC)CC2)c1. The molecule has 0 aliphatic carbocycles. The number of hydrogen-bond donors (Lipinski definition) is 0. The van der Waals surface area contributed by atoms with E-state index in [9.17, 15) is 13.2 Å². The molecular formula is C26H28N2O5S. The Labute approximate surface area is 200 Å². The predicted molar refractivity (Wildman–Crippen MR) is 131 cm³/mol. The second-order valence-electron chi connectivity index (χ2n) is 8.05. The van der Waals surface area contributed by atoms with Crippen LogP contribution in [0.25, 0.3) is 0 Å². The zero-order valence-electron chi connectivity index (χ0n) is 19.3. The molecule has 3 aromatic rings. The molecule has 34 heavy (non-hydrogen) atoms. The van der Waals surface area contributed by atoms with Crippen molar-refractivity contribution in [3.63, 3.8) is 0 Å².